The summed E-state index contributed by atoms with van der Waals surface area (Å²) in [5, 5.41) is 12.1. The molecule has 2 rings (SSSR count). The fraction of sp³-hybridized carbons (Fsp3) is 0.357. The van der Waals surface area contributed by atoms with Gasteiger partial charge in [-0.2, -0.15) is 0 Å². The summed E-state index contributed by atoms with van der Waals surface area (Å²) >= 11 is 0. The number of amides is 1. The molecular formula is C14H18N2O2. The van der Waals surface area contributed by atoms with Gasteiger partial charge < -0.3 is 16.2 Å². The van der Waals surface area contributed by atoms with Crippen LogP contribution in [0, 0.1) is 0 Å². The maximum absolute atomic E-state index is 11.9. The number of rotatable bonds is 4. The van der Waals surface area contributed by atoms with Gasteiger partial charge in [0, 0.05) is 6.04 Å². The number of aromatic hydroxyl groups is 1. The van der Waals surface area contributed by atoms with E-state index in [1.807, 2.05) is 0 Å². The Kier molecular flexibility index (Phi) is 3.99. The van der Waals surface area contributed by atoms with Crippen LogP contribution in [0.1, 0.15) is 18.4 Å². The summed E-state index contributed by atoms with van der Waals surface area (Å²) in [6, 6.07) is 6.40. The first kappa shape index (κ1) is 12.6. The molecule has 4 heteroatoms. The number of hydrogen-bond acceptors (Lipinski definition) is 3. The Bertz CT molecular complexity index is 432. The standard InChI is InChI=1S/C14H18N2O2/c15-13(9-10-5-7-12(17)8-6-10)14(18)16-11-3-1-2-4-11/h1-2,5-8,11,13,17H,3-4,9,15H2,(H,16,18)/t13-/m0/s1. The van der Waals surface area contributed by atoms with Crippen LogP contribution in [0.2, 0.25) is 0 Å². The predicted molar refractivity (Wildman–Crippen MR) is 70.1 cm³/mol. The summed E-state index contributed by atoms with van der Waals surface area (Å²) in [5.74, 6) is 0.102. The van der Waals surface area contributed by atoms with E-state index in [2.05, 4.69) is 17.5 Å². The van der Waals surface area contributed by atoms with E-state index >= 15 is 0 Å². The van der Waals surface area contributed by atoms with Crippen LogP contribution in [0.25, 0.3) is 0 Å². The normalized spacial score (nSPS) is 16.7. The van der Waals surface area contributed by atoms with Gasteiger partial charge in [0.25, 0.3) is 0 Å². The Balaban J connectivity index is 1.84. The van der Waals surface area contributed by atoms with Crippen molar-refractivity contribution >= 4 is 5.91 Å². The number of carbonyl (C=O) groups is 1. The molecule has 0 aliphatic heterocycles. The molecule has 1 aromatic rings. The Morgan fingerprint density at radius 2 is 1.94 bits per heavy atom. The third-order valence-corrected chi connectivity index (χ3v) is 3.08. The quantitative estimate of drug-likeness (QED) is 0.696. The third kappa shape index (κ3) is 3.34. The maximum Gasteiger partial charge on any atom is 0.237 e. The lowest BCUT2D eigenvalue weighted by Crippen LogP contribution is -2.45. The number of phenols is 1. The number of hydrogen-bond donors (Lipinski definition) is 3. The van der Waals surface area contributed by atoms with Crippen LogP contribution in [0.5, 0.6) is 5.75 Å². The molecule has 0 heterocycles. The molecule has 96 valence electrons. The molecule has 0 radical (unpaired) electrons. The molecule has 1 aromatic carbocycles. The van der Waals surface area contributed by atoms with Crippen LogP contribution in [-0.2, 0) is 11.2 Å². The Morgan fingerprint density at radius 3 is 2.56 bits per heavy atom. The molecule has 4 N–H and O–H groups in total. The number of carbonyl (C=O) groups excluding carboxylic acids is 1. The minimum atomic E-state index is -0.546. The molecule has 0 saturated heterocycles. The summed E-state index contributed by atoms with van der Waals surface area (Å²) in [6.45, 7) is 0. The van der Waals surface area contributed by atoms with Crippen LogP contribution in [-0.4, -0.2) is 23.1 Å². The smallest absolute Gasteiger partial charge is 0.237 e. The summed E-state index contributed by atoms with van der Waals surface area (Å²) in [7, 11) is 0. The van der Waals surface area contributed by atoms with Crippen molar-refractivity contribution in [3.8, 4) is 5.75 Å². The molecule has 18 heavy (non-hydrogen) atoms. The molecule has 1 atom stereocenters. The van der Waals surface area contributed by atoms with E-state index in [1.54, 1.807) is 24.3 Å². The van der Waals surface area contributed by atoms with E-state index in [-0.39, 0.29) is 17.7 Å². The molecular weight excluding hydrogens is 228 g/mol. The van der Waals surface area contributed by atoms with Crippen LogP contribution in [0.3, 0.4) is 0 Å². The maximum atomic E-state index is 11.9. The van der Waals surface area contributed by atoms with Crippen LogP contribution in [0.15, 0.2) is 36.4 Å². The van der Waals surface area contributed by atoms with Crippen molar-refractivity contribution in [2.75, 3.05) is 0 Å². The minimum Gasteiger partial charge on any atom is -0.508 e. The molecule has 0 aromatic heterocycles. The first-order valence-electron chi connectivity index (χ1n) is 6.14. The van der Waals surface area contributed by atoms with E-state index in [4.69, 9.17) is 5.73 Å². The van der Waals surface area contributed by atoms with Crippen molar-refractivity contribution < 1.29 is 9.90 Å². The van der Waals surface area contributed by atoms with Crippen LogP contribution >= 0.6 is 0 Å². The topological polar surface area (TPSA) is 75.3 Å². The highest BCUT2D eigenvalue weighted by Gasteiger charge is 2.18. The highest BCUT2D eigenvalue weighted by Crippen LogP contribution is 2.12. The lowest BCUT2D eigenvalue weighted by molar-refractivity contribution is -0.122. The monoisotopic (exact) mass is 246 g/mol. The molecule has 0 unspecified atom stereocenters. The molecule has 0 saturated carbocycles. The summed E-state index contributed by atoms with van der Waals surface area (Å²) in [5.41, 5.74) is 6.81. The zero-order valence-electron chi connectivity index (χ0n) is 10.2. The Labute approximate surface area is 107 Å². The van der Waals surface area contributed by atoms with Gasteiger partial charge in [0.2, 0.25) is 5.91 Å². The number of nitrogens with one attached hydrogen (secondary N) is 1. The average Bonchev–Trinajstić information content (AvgIpc) is 2.85. The fourth-order valence-corrected chi connectivity index (χ4v) is 2.02. The van der Waals surface area contributed by atoms with Crippen molar-refractivity contribution in [3.63, 3.8) is 0 Å². The second-order valence-electron chi connectivity index (χ2n) is 4.63. The summed E-state index contributed by atoms with van der Waals surface area (Å²) in [6.07, 6.45) is 6.38. The van der Waals surface area contributed by atoms with Crippen molar-refractivity contribution in [1.82, 2.24) is 5.32 Å². The second-order valence-corrected chi connectivity index (χ2v) is 4.63. The van der Waals surface area contributed by atoms with Gasteiger partial charge in [-0.25, -0.2) is 0 Å². The summed E-state index contributed by atoms with van der Waals surface area (Å²) in [4.78, 5) is 11.9. The molecule has 0 fully saturated rings. The van der Waals surface area contributed by atoms with Gasteiger partial charge in [-0.3, -0.25) is 4.79 Å². The van der Waals surface area contributed by atoms with Crippen LogP contribution < -0.4 is 11.1 Å². The van der Waals surface area contributed by atoms with E-state index in [1.165, 1.54) is 0 Å². The average molecular weight is 246 g/mol. The van der Waals surface area contributed by atoms with Crippen LogP contribution in [0.4, 0.5) is 0 Å². The van der Waals surface area contributed by atoms with Gasteiger partial charge in [-0.1, -0.05) is 24.3 Å². The molecule has 0 spiro atoms. The predicted octanol–water partition coefficient (Wildman–Crippen LogP) is 1.10. The van der Waals surface area contributed by atoms with E-state index in [9.17, 15) is 9.90 Å². The zero-order valence-corrected chi connectivity index (χ0v) is 10.2. The van der Waals surface area contributed by atoms with Gasteiger partial charge in [0.1, 0.15) is 5.75 Å². The Morgan fingerprint density at radius 1 is 1.33 bits per heavy atom. The SMILES string of the molecule is N[C@@H](Cc1ccc(O)cc1)C(=O)NC1CC=CC1. The molecule has 1 aliphatic rings. The number of nitrogens with two attached hydrogens (primary N) is 1. The van der Waals surface area contributed by atoms with Crippen molar-refractivity contribution in [2.24, 2.45) is 5.73 Å². The van der Waals surface area contributed by atoms with E-state index < -0.39 is 6.04 Å². The highest BCUT2D eigenvalue weighted by molar-refractivity contribution is 5.82. The van der Waals surface area contributed by atoms with Gasteiger partial charge in [0.15, 0.2) is 0 Å². The molecule has 4 nitrogen and oxygen atoms in total. The zero-order chi connectivity index (χ0) is 13.0. The molecule has 1 amide bonds. The second kappa shape index (κ2) is 5.69. The van der Waals surface area contributed by atoms with Crippen molar-refractivity contribution in [2.45, 2.75) is 31.3 Å². The molecule has 0 bridgehead atoms. The largest absolute Gasteiger partial charge is 0.508 e. The Hall–Kier alpha value is -1.81. The molecule has 1 aliphatic carbocycles. The lowest BCUT2D eigenvalue weighted by atomic mass is 10.1. The highest BCUT2D eigenvalue weighted by atomic mass is 16.3. The fourth-order valence-electron chi connectivity index (χ4n) is 2.02. The minimum absolute atomic E-state index is 0.114. The summed E-state index contributed by atoms with van der Waals surface area (Å²) < 4.78 is 0. The van der Waals surface area contributed by atoms with Gasteiger partial charge in [0.05, 0.1) is 6.04 Å². The van der Waals surface area contributed by atoms with Crippen molar-refractivity contribution in [3.05, 3.63) is 42.0 Å². The third-order valence-electron chi connectivity index (χ3n) is 3.08. The lowest BCUT2D eigenvalue weighted by Gasteiger charge is -2.16. The first-order valence-corrected chi connectivity index (χ1v) is 6.14. The van der Waals surface area contributed by atoms with E-state index in [0.717, 1.165) is 18.4 Å². The number of benzene rings is 1. The van der Waals surface area contributed by atoms with Crippen molar-refractivity contribution in [1.29, 1.82) is 0 Å². The van der Waals surface area contributed by atoms with Gasteiger partial charge in [-0.15, -0.1) is 0 Å². The first-order chi connectivity index (χ1) is 8.65. The van der Waals surface area contributed by atoms with E-state index in [0.29, 0.717) is 6.42 Å². The van der Waals surface area contributed by atoms with Gasteiger partial charge in [-0.05, 0) is 37.0 Å². The number of phenolic OH excluding ortho intramolecular Hbond substituents is 1. The van der Waals surface area contributed by atoms with Gasteiger partial charge >= 0.3 is 0 Å².